The highest BCUT2D eigenvalue weighted by atomic mass is 19.4. The number of carbonyl (C=O) groups excluding carboxylic acids is 1. The zero-order valence-electron chi connectivity index (χ0n) is 9.94. The van der Waals surface area contributed by atoms with E-state index in [9.17, 15) is 18.0 Å². The Balaban J connectivity index is 1.96. The van der Waals surface area contributed by atoms with Crippen molar-refractivity contribution in [1.29, 1.82) is 0 Å². The number of hydrogen-bond acceptors (Lipinski definition) is 4. The zero-order chi connectivity index (χ0) is 14.6. The third-order valence-electron chi connectivity index (χ3n) is 2.23. The number of H-pyrrole nitrogens is 1. The fourth-order valence-electron chi connectivity index (χ4n) is 1.44. The number of halogens is 3. The number of aromatic nitrogens is 3. The second kappa shape index (κ2) is 5.59. The van der Waals surface area contributed by atoms with Gasteiger partial charge in [-0.05, 0) is 17.7 Å². The summed E-state index contributed by atoms with van der Waals surface area (Å²) in [6.45, 7) is 0.0424. The molecule has 2 rings (SSSR count). The average Bonchev–Trinajstić information content (AvgIpc) is 2.88. The predicted octanol–water partition coefficient (Wildman–Crippen LogP) is 1.63. The van der Waals surface area contributed by atoms with E-state index in [1.54, 1.807) is 6.07 Å². The van der Waals surface area contributed by atoms with Crippen molar-refractivity contribution in [2.75, 3.05) is 0 Å². The first-order chi connectivity index (χ1) is 9.44. The minimum Gasteiger partial charge on any atom is -0.406 e. The number of amides is 1. The number of carbonyl (C=O) groups is 1. The van der Waals surface area contributed by atoms with Gasteiger partial charge in [0.1, 0.15) is 5.75 Å². The second-order valence-corrected chi connectivity index (χ2v) is 3.74. The van der Waals surface area contributed by atoms with Crippen LogP contribution in [0.3, 0.4) is 0 Å². The monoisotopic (exact) mass is 286 g/mol. The maximum absolute atomic E-state index is 12.1. The van der Waals surface area contributed by atoms with Gasteiger partial charge in [-0.3, -0.25) is 9.89 Å². The van der Waals surface area contributed by atoms with Gasteiger partial charge >= 0.3 is 6.36 Å². The number of hydrogen-bond donors (Lipinski definition) is 2. The summed E-state index contributed by atoms with van der Waals surface area (Å²) in [5.74, 6) is -0.827. The summed E-state index contributed by atoms with van der Waals surface area (Å²) < 4.78 is 40.0. The van der Waals surface area contributed by atoms with Crippen molar-refractivity contribution < 1.29 is 22.7 Å². The van der Waals surface area contributed by atoms with Gasteiger partial charge in [0.25, 0.3) is 5.91 Å². The molecule has 1 aromatic carbocycles. The predicted molar refractivity (Wildman–Crippen MR) is 60.7 cm³/mol. The largest absolute Gasteiger partial charge is 0.573 e. The molecule has 2 aromatic rings. The standard InChI is InChI=1S/C11H9F3N4O2/c12-11(13,14)20-8-3-1-2-7(4-8)5-15-10(19)9-6-16-18-17-9/h1-4,6H,5H2,(H,15,19)(H,16,17,18). The van der Waals surface area contributed by atoms with Gasteiger partial charge in [-0.1, -0.05) is 17.3 Å². The van der Waals surface area contributed by atoms with Gasteiger partial charge in [-0.15, -0.1) is 18.3 Å². The summed E-state index contributed by atoms with van der Waals surface area (Å²) in [5.41, 5.74) is 0.552. The first-order valence-electron chi connectivity index (χ1n) is 5.43. The summed E-state index contributed by atoms with van der Waals surface area (Å²) in [4.78, 5) is 11.5. The van der Waals surface area contributed by atoms with E-state index in [1.807, 2.05) is 0 Å². The SMILES string of the molecule is O=C(NCc1cccc(OC(F)(F)F)c1)c1c[nH]nn1. The third kappa shape index (κ3) is 3.97. The Bertz CT molecular complexity index is 584. The van der Waals surface area contributed by atoms with E-state index in [0.717, 1.165) is 0 Å². The van der Waals surface area contributed by atoms with Gasteiger partial charge in [0.15, 0.2) is 5.69 Å². The molecule has 0 aliphatic rings. The van der Waals surface area contributed by atoms with E-state index >= 15 is 0 Å². The van der Waals surface area contributed by atoms with Crippen molar-refractivity contribution in [1.82, 2.24) is 20.7 Å². The molecule has 0 saturated carbocycles. The van der Waals surface area contributed by atoms with Gasteiger partial charge in [0.05, 0.1) is 6.20 Å². The molecule has 1 heterocycles. The van der Waals surface area contributed by atoms with Crippen LogP contribution >= 0.6 is 0 Å². The molecule has 2 N–H and O–H groups in total. The van der Waals surface area contributed by atoms with Crippen molar-refractivity contribution >= 4 is 5.91 Å². The van der Waals surface area contributed by atoms with Crippen LogP contribution < -0.4 is 10.1 Å². The number of ether oxygens (including phenoxy) is 1. The molecule has 0 bridgehead atoms. The van der Waals surface area contributed by atoms with E-state index in [-0.39, 0.29) is 18.0 Å². The van der Waals surface area contributed by atoms with Crippen LogP contribution in [0.25, 0.3) is 0 Å². The fourth-order valence-corrected chi connectivity index (χ4v) is 1.44. The van der Waals surface area contributed by atoms with E-state index < -0.39 is 12.3 Å². The van der Waals surface area contributed by atoms with Crippen molar-refractivity contribution in [2.24, 2.45) is 0 Å². The van der Waals surface area contributed by atoms with E-state index in [0.29, 0.717) is 5.56 Å². The van der Waals surface area contributed by atoms with Crippen LogP contribution in [0, 0.1) is 0 Å². The van der Waals surface area contributed by atoms with Crippen LogP contribution in [-0.4, -0.2) is 27.7 Å². The molecule has 0 atom stereocenters. The number of nitrogens with zero attached hydrogens (tertiary/aromatic N) is 2. The Morgan fingerprint density at radius 3 is 2.85 bits per heavy atom. The summed E-state index contributed by atoms with van der Waals surface area (Å²) in [7, 11) is 0. The summed E-state index contributed by atoms with van der Waals surface area (Å²) in [5, 5.41) is 11.7. The lowest BCUT2D eigenvalue weighted by molar-refractivity contribution is -0.274. The maximum atomic E-state index is 12.1. The third-order valence-corrected chi connectivity index (χ3v) is 2.23. The molecule has 20 heavy (non-hydrogen) atoms. The highest BCUT2D eigenvalue weighted by Gasteiger charge is 2.31. The Hall–Kier alpha value is -2.58. The Morgan fingerprint density at radius 1 is 1.40 bits per heavy atom. The molecule has 1 amide bonds. The number of aromatic amines is 1. The van der Waals surface area contributed by atoms with Crippen LogP contribution in [0.5, 0.6) is 5.75 Å². The van der Waals surface area contributed by atoms with Gasteiger partial charge in [-0.25, -0.2) is 0 Å². The molecule has 0 fully saturated rings. The van der Waals surface area contributed by atoms with Crippen LogP contribution in [0.2, 0.25) is 0 Å². The summed E-state index contributed by atoms with van der Waals surface area (Å²) in [6.07, 6.45) is -3.44. The Morgan fingerprint density at radius 2 is 2.20 bits per heavy atom. The van der Waals surface area contributed by atoms with Crippen LogP contribution in [0.15, 0.2) is 30.5 Å². The number of alkyl halides is 3. The van der Waals surface area contributed by atoms with Crippen LogP contribution in [0.4, 0.5) is 13.2 Å². The number of benzene rings is 1. The topological polar surface area (TPSA) is 79.9 Å². The quantitative estimate of drug-likeness (QED) is 0.895. The Kier molecular flexibility index (Phi) is 3.87. The van der Waals surface area contributed by atoms with Crippen molar-refractivity contribution in [3.63, 3.8) is 0 Å². The lowest BCUT2D eigenvalue weighted by Crippen LogP contribution is -2.23. The van der Waals surface area contributed by atoms with E-state index in [1.165, 1.54) is 24.4 Å². The molecule has 1 aromatic heterocycles. The molecule has 0 aliphatic heterocycles. The van der Waals surface area contributed by atoms with Gasteiger partial charge in [-0.2, -0.15) is 0 Å². The van der Waals surface area contributed by atoms with Crippen LogP contribution in [0.1, 0.15) is 16.1 Å². The maximum Gasteiger partial charge on any atom is 0.573 e. The van der Waals surface area contributed by atoms with E-state index in [4.69, 9.17) is 0 Å². The molecule has 6 nitrogen and oxygen atoms in total. The van der Waals surface area contributed by atoms with Crippen LogP contribution in [-0.2, 0) is 6.54 Å². The molecule has 0 unspecified atom stereocenters. The molecule has 9 heteroatoms. The average molecular weight is 286 g/mol. The summed E-state index contributed by atoms with van der Waals surface area (Å²) >= 11 is 0. The smallest absolute Gasteiger partial charge is 0.406 e. The molecular formula is C11H9F3N4O2. The lowest BCUT2D eigenvalue weighted by atomic mass is 10.2. The number of rotatable bonds is 4. The minimum absolute atomic E-state index is 0.0424. The highest BCUT2D eigenvalue weighted by molar-refractivity contribution is 5.91. The molecule has 0 aliphatic carbocycles. The van der Waals surface area contributed by atoms with Gasteiger partial charge in [0, 0.05) is 6.54 Å². The minimum atomic E-state index is -4.75. The van der Waals surface area contributed by atoms with Crippen molar-refractivity contribution in [3.8, 4) is 5.75 Å². The molecule has 106 valence electrons. The first kappa shape index (κ1) is 13.8. The van der Waals surface area contributed by atoms with Crippen molar-refractivity contribution in [3.05, 3.63) is 41.7 Å². The molecule has 0 radical (unpaired) electrons. The zero-order valence-corrected chi connectivity index (χ0v) is 9.94. The van der Waals surface area contributed by atoms with E-state index in [2.05, 4.69) is 25.5 Å². The number of nitrogens with one attached hydrogen (secondary N) is 2. The van der Waals surface area contributed by atoms with Gasteiger partial charge < -0.3 is 10.1 Å². The molecule has 0 saturated heterocycles. The molecular weight excluding hydrogens is 277 g/mol. The van der Waals surface area contributed by atoms with Crippen molar-refractivity contribution in [2.45, 2.75) is 12.9 Å². The normalized spacial score (nSPS) is 11.2. The first-order valence-corrected chi connectivity index (χ1v) is 5.43. The fraction of sp³-hybridized carbons (Fsp3) is 0.182. The lowest BCUT2D eigenvalue weighted by Gasteiger charge is -2.10. The second-order valence-electron chi connectivity index (χ2n) is 3.74. The highest BCUT2D eigenvalue weighted by Crippen LogP contribution is 2.23. The van der Waals surface area contributed by atoms with Gasteiger partial charge in [0.2, 0.25) is 0 Å². The summed E-state index contributed by atoms with van der Waals surface area (Å²) in [6, 6.07) is 5.33. The Labute approximate surface area is 110 Å². The molecule has 0 spiro atoms.